The Bertz CT molecular complexity index is 350. The Labute approximate surface area is 88.9 Å². The van der Waals surface area contributed by atoms with Crippen molar-refractivity contribution in [3.8, 4) is 5.88 Å². The van der Waals surface area contributed by atoms with Gasteiger partial charge in [0.15, 0.2) is 0 Å². The van der Waals surface area contributed by atoms with Gasteiger partial charge in [-0.25, -0.2) is 9.78 Å². The highest BCUT2D eigenvalue weighted by Crippen LogP contribution is 2.12. The maximum absolute atomic E-state index is 10.7. The van der Waals surface area contributed by atoms with Gasteiger partial charge in [-0.3, -0.25) is 0 Å². The van der Waals surface area contributed by atoms with E-state index in [1.54, 1.807) is 13.0 Å². The van der Waals surface area contributed by atoms with Crippen LogP contribution in [-0.2, 0) is 0 Å². The van der Waals surface area contributed by atoms with E-state index in [4.69, 9.17) is 9.84 Å². The number of hydrogen-bond donors (Lipinski definition) is 1. The first-order chi connectivity index (χ1) is 7.15. The van der Waals surface area contributed by atoms with E-state index in [2.05, 4.69) is 11.9 Å². The molecule has 0 fully saturated rings. The first-order valence-electron chi connectivity index (χ1n) is 4.99. The molecular weight excluding hydrogens is 194 g/mol. The molecule has 82 valence electrons. The van der Waals surface area contributed by atoms with Gasteiger partial charge in [-0.2, -0.15) is 0 Å². The van der Waals surface area contributed by atoms with E-state index in [0.717, 1.165) is 12.8 Å². The monoisotopic (exact) mass is 209 g/mol. The zero-order valence-corrected chi connectivity index (χ0v) is 8.99. The van der Waals surface area contributed by atoms with Crippen LogP contribution in [0.4, 0.5) is 0 Å². The number of aromatic nitrogens is 1. The molecule has 0 saturated carbocycles. The molecule has 0 aliphatic rings. The van der Waals surface area contributed by atoms with Crippen LogP contribution in [0.3, 0.4) is 0 Å². The Hall–Kier alpha value is -1.58. The van der Waals surface area contributed by atoms with Gasteiger partial charge in [0.2, 0.25) is 5.88 Å². The van der Waals surface area contributed by atoms with Gasteiger partial charge in [-0.1, -0.05) is 13.3 Å². The summed E-state index contributed by atoms with van der Waals surface area (Å²) in [5.41, 5.74) is 0.703. The molecule has 0 unspecified atom stereocenters. The summed E-state index contributed by atoms with van der Waals surface area (Å²) in [6.07, 6.45) is 2.04. The second kappa shape index (κ2) is 5.34. The number of carboxylic acids is 1. The second-order valence-electron chi connectivity index (χ2n) is 3.29. The Kier molecular flexibility index (Phi) is 4.09. The first kappa shape index (κ1) is 11.5. The minimum absolute atomic E-state index is 0.220. The summed E-state index contributed by atoms with van der Waals surface area (Å²) < 4.78 is 5.36. The maximum atomic E-state index is 10.7. The lowest BCUT2D eigenvalue weighted by Crippen LogP contribution is -2.04. The summed E-state index contributed by atoms with van der Waals surface area (Å²) in [6.45, 7) is 4.36. The Morgan fingerprint density at radius 3 is 2.80 bits per heavy atom. The molecule has 4 heteroatoms. The number of pyridine rings is 1. The molecule has 0 spiro atoms. The molecule has 0 aliphatic heterocycles. The number of carboxylic acid groups (broad SMARTS) is 1. The predicted octanol–water partition coefficient (Wildman–Crippen LogP) is 2.27. The molecular formula is C11H15NO3. The highest BCUT2D eigenvalue weighted by molar-refractivity contribution is 5.88. The molecule has 0 amide bonds. The largest absolute Gasteiger partial charge is 0.478 e. The van der Waals surface area contributed by atoms with Crippen molar-refractivity contribution in [2.45, 2.75) is 26.7 Å². The van der Waals surface area contributed by atoms with Gasteiger partial charge in [-0.15, -0.1) is 0 Å². The number of carbonyl (C=O) groups is 1. The van der Waals surface area contributed by atoms with E-state index >= 15 is 0 Å². The smallest absolute Gasteiger partial charge is 0.337 e. The van der Waals surface area contributed by atoms with Gasteiger partial charge in [0.05, 0.1) is 17.9 Å². The fraction of sp³-hybridized carbons (Fsp3) is 0.455. The quantitative estimate of drug-likeness (QED) is 0.756. The standard InChI is InChI=1S/C11H15NO3/c1-3-4-7-15-10-6-5-9(11(13)14)8(2)12-10/h5-6H,3-4,7H2,1-2H3,(H,13,14). The number of rotatable bonds is 5. The third-order valence-electron chi connectivity index (χ3n) is 2.04. The summed E-state index contributed by atoms with van der Waals surface area (Å²) >= 11 is 0. The van der Waals surface area contributed by atoms with Gasteiger partial charge in [0.25, 0.3) is 0 Å². The average Bonchev–Trinajstić information content (AvgIpc) is 2.17. The maximum Gasteiger partial charge on any atom is 0.337 e. The van der Waals surface area contributed by atoms with E-state index in [0.29, 0.717) is 18.2 Å². The van der Waals surface area contributed by atoms with Crippen LogP contribution in [0.1, 0.15) is 35.8 Å². The lowest BCUT2D eigenvalue weighted by Gasteiger charge is -2.06. The van der Waals surface area contributed by atoms with Crippen LogP contribution in [0.2, 0.25) is 0 Å². The zero-order valence-electron chi connectivity index (χ0n) is 8.99. The zero-order chi connectivity index (χ0) is 11.3. The highest BCUT2D eigenvalue weighted by Gasteiger charge is 2.08. The number of hydrogen-bond acceptors (Lipinski definition) is 3. The van der Waals surface area contributed by atoms with Crippen molar-refractivity contribution in [2.24, 2.45) is 0 Å². The average molecular weight is 209 g/mol. The number of ether oxygens (including phenoxy) is 1. The summed E-state index contributed by atoms with van der Waals surface area (Å²) in [5, 5.41) is 8.79. The van der Waals surface area contributed by atoms with Gasteiger partial charge < -0.3 is 9.84 Å². The Morgan fingerprint density at radius 2 is 2.27 bits per heavy atom. The molecule has 0 bridgehead atoms. The molecule has 15 heavy (non-hydrogen) atoms. The van der Waals surface area contributed by atoms with Crippen LogP contribution in [-0.4, -0.2) is 22.7 Å². The van der Waals surface area contributed by atoms with Crippen molar-refractivity contribution in [1.29, 1.82) is 0 Å². The van der Waals surface area contributed by atoms with Crippen LogP contribution in [0.25, 0.3) is 0 Å². The van der Waals surface area contributed by atoms with E-state index in [9.17, 15) is 4.79 Å². The Balaban J connectivity index is 2.69. The molecule has 1 aromatic rings. The number of unbranched alkanes of at least 4 members (excludes halogenated alkanes) is 1. The van der Waals surface area contributed by atoms with E-state index in [-0.39, 0.29) is 5.56 Å². The molecule has 0 atom stereocenters. The molecule has 0 radical (unpaired) electrons. The lowest BCUT2D eigenvalue weighted by atomic mass is 10.2. The molecule has 4 nitrogen and oxygen atoms in total. The Morgan fingerprint density at radius 1 is 1.53 bits per heavy atom. The fourth-order valence-corrected chi connectivity index (χ4v) is 1.17. The van der Waals surface area contributed by atoms with Crippen LogP contribution in [0.15, 0.2) is 12.1 Å². The summed E-state index contributed by atoms with van der Waals surface area (Å²) in [7, 11) is 0. The second-order valence-corrected chi connectivity index (χ2v) is 3.29. The number of nitrogens with zero attached hydrogens (tertiary/aromatic N) is 1. The van der Waals surface area contributed by atoms with Gasteiger partial charge in [0.1, 0.15) is 0 Å². The van der Waals surface area contributed by atoms with Gasteiger partial charge >= 0.3 is 5.97 Å². The van der Waals surface area contributed by atoms with E-state index in [1.807, 2.05) is 0 Å². The number of aromatic carboxylic acids is 1. The van der Waals surface area contributed by atoms with E-state index in [1.165, 1.54) is 6.07 Å². The van der Waals surface area contributed by atoms with Gasteiger partial charge in [0, 0.05) is 6.07 Å². The summed E-state index contributed by atoms with van der Waals surface area (Å²) in [6, 6.07) is 3.11. The normalized spacial score (nSPS) is 10.0. The van der Waals surface area contributed by atoms with Crippen molar-refractivity contribution in [2.75, 3.05) is 6.61 Å². The molecule has 0 saturated heterocycles. The molecule has 1 aromatic heterocycles. The molecule has 1 N–H and O–H groups in total. The van der Waals surface area contributed by atoms with E-state index < -0.39 is 5.97 Å². The molecule has 0 aliphatic carbocycles. The van der Waals surface area contributed by atoms with Crippen LogP contribution in [0.5, 0.6) is 5.88 Å². The van der Waals surface area contributed by atoms with Crippen molar-refractivity contribution in [1.82, 2.24) is 4.98 Å². The van der Waals surface area contributed by atoms with Crippen LogP contribution in [0, 0.1) is 6.92 Å². The third-order valence-corrected chi connectivity index (χ3v) is 2.04. The van der Waals surface area contributed by atoms with Crippen LogP contribution >= 0.6 is 0 Å². The lowest BCUT2D eigenvalue weighted by molar-refractivity contribution is 0.0695. The third kappa shape index (κ3) is 3.23. The molecule has 0 aromatic carbocycles. The van der Waals surface area contributed by atoms with Crippen molar-refractivity contribution in [3.05, 3.63) is 23.4 Å². The fourth-order valence-electron chi connectivity index (χ4n) is 1.17. The van der Waals surface area contributed by atoms with Crippen molar-refractivity contribution >= 4 is 5.97 Å². The minimum Gasteiger partial charge on any atom is -0.478 e. The summed E-state index contributed by atoms with van der Waals surface area (Å²) in [5.74, 6) is -0.467. The molecule has 1 heterocycles. The minimum atomic E-state index is -0.958. The van der Waals surface area contributed by atoms with Gasteiger partial charge in [-0.05, 0) is 19.4 Å². The SMILES string of the molecule is CCCCOc1ccc(C(=O)O)c(C)n1. The topological polar surface area (TPSA) is 59.4 Å². The highest BCUT2D eigenvalue weighted by atomic mass is 16.5. The first-order valence-corrected chi connectivity index (χ1v) is 4.99. The number of aryl methyl sites for hydroxylation is 1. The van der Waals surface area contributed by atoms with Crippen LogP contribution < -0.4 is 4.74 Å². The van der Waals surface area contributed by atoms with Crippen molar-refractivity contribution < 1.29 is 14.6 Å². The predicted molar refractivity (Wildman–Crippen MR) is 56.3 cm³/mol. The van der Waals surface area contributed by atoms with Crippen molar-refractivity contribution in [3.63, 3.8) is 0 Å². The summed E-state index contributed by atoms with van der Waals surface area (Å²) in [4.78, 5) is 14.8. The molecule has 1 rings (SSSR count).